The molecule has 0 unspecified atom stereocenters. The molecule has 0 bridgehead atoms. The summed E-state index contributed by atoms with van der Waals surface area (Å²) < 4.78 is 28.9. The number of nitrogens with one attached hydrogen (secondary N) is 1. The standard InChI is InChI=1S/C9H13NO3S/c1-7-5-4-6-8(2)9(7)10-14(11,12)13-3/h4-6,10H,1-3H3. The van der Waals surface area contributed by atoms with Crippen LogP contribution in [0.4, 0.5) is 5.69 Å². The van der Waals surface area contributed by atoms with Gasteiger partial charge in [-0.3, -0.25) is 8.91 Å². The zero-order valence-corrected chi connectivity index (χ0v) is 9.18. The Morgan fingerprint density at radius 1 is 1.21 bits per heavy atom. The highest BCUT2D eigenvalue weighted by atomic mass is 32.2. The Bertz CT molecular complexity index is 405. The minimum absolute atomic E-state index is 0.578. The van der Waals surface area contributed by atoms with Crippen molar-refractivity contribution in [3.05, 3.63) is 29.3 Å². The molecule has 1 aromatic rings. The average Bonchev–Trinajstić information content (AvgIpc) is 2.12. The maximum atomic E-state index is 11.1. The number of rotatable bonds is 3. The SMILES string of the molecule is COS(=O)(=O)Nc1c(C)cccc1C. The van der Waals surface area contributed by atoms with Gasteiger partial charge >= 0.3 is 10.3 Å². The first-order valence-corrected chi connectivity index (χ1v) is 5.51. The van der Waals surface area contributed by atoms with Crippen molar-refractivity contribution in [1.82, 2.24) is 0 Å². The van der Waals surface area contributed by atoms with Gasteiger partial charge in [0.25, 0.3) is 0 Å². The smallest absolute Gasteiger partial charge is 0.260 e. The van der Waals surface area contributed by atoms with Gasteiger partial charge < -0.3 is 0 Å². The third-order valence-electron chi connectivity index (χ3n) is 1.93. The number of para-hydroxylation sites is 1. The summed E-state index contributed by atoms with van der Waals surface area (Å²) in [5, 5.41) is 0. The lowest BCUT2D eigenvalue weighted by molar-refractivity contribution is 0.402. The molecule has 0 amide bonds. The van der Waals surface area contributed by atoms with Crippen LogP contribution in [0.5, 0.6) is 0 Å². The summed E-state index contributed by atoms with van der Waals surface area (Å²) in [6.45, 7) is 3.67. The van der Waals surface area contributed by atoms with Gasteiger partial charge in [0.2, 0.25) is 0 Å². The molecule has 14 heavy (non-hydrogen) atoms. The highest BCUT2D eigenvalue weighted by Crippen LogP contribution is 2.20. The molecule has 0 saturated heterocycles. The topological polar surface area (TPSA) is 55.4 Å². The second-order valence-corrected chi connectivity index (χ2v) is 4.44. The van der Waals surface area contributed by atoms with Crippen molar-refractivity contribution in [2.75, 3.05) is 11.8 Å². The summed E-state index contributed by atoms with van der Waals surface area (Å²) in [6.07, 6.45) is 0. The van der Waals surface area contributed by atoms with Crippen LogP contribution in [-0.2, 0) is 14.5 Å². The lowest BCUT2D eigenvalue weighted by atomic mass is 10.1. The summed E-state index contributed by atoms with van der Waals surface area (Å²) in [5.41, 5.74) is 2.31. The third-order valence-corrected chi connectivity index (χ3v) is 2.82. The van der Waals surface area contributed by atoms with Crippen molar-refractivity contribution in [1.29, 1.82) is 0 Å². The van der Waals surface area contributed by atoms with Crippen molar-refractivity contribution in [2.24, 2.45) is 0 Å². The number of benzene rings is 1. The Kier molecular flexibility index (Phi) is 3.13. The Morgan fingerprint density at radius 2 is 1.71 bits per heavy atom. The molecule has 5 heteroatoms. The van der Waals surface area contributed by atoms with Gasteiger partial charge in [0, 0.05) is 0 Å². The van der Waals surface area contributed by atoms with E-state index in [-0.39, 0.29) is 0 Å². The Morgan fingerprint density at radius 3 is 2.14 bits per heavy atom. The van der Waals surface area contributed by atoms with Gasteiger partial charge in [-0.1, -0.05) is 18.2 Å². The minimum Gasteiger partial charge on any atom is -0.260 e. The van der Waals surface area contributed by atoms with Crippen molar-refractivity contribution >= 4 is 16.0 Å². The highest BCUT2D eigenvalue weighted by molar-refractivity contribution is 7.88. The Balaban J connectivity index is 3.09. The largest absolute Gasteiger partial charge is 0.359 e. The summed E-state index contributed by atoms with van der Waals surface area (Å²) in [7, 11) is -2.55. The van der Waals surface area contributed by atoms with Crippen LogP contribution in [0.25, 0.3) is 0 Å². The second kappa shape index (κ2) is 3.98. The molecule has 0 fully saturated rings. The van der Waals surface area contributed by atoms with Crippen LogP contribution < -0.4 is 4.72 Å². The van der Waals surface area contributed by atoms with Gasteiger partial charge in [0.15, 0.2) is 0 Å². The molecule has 0 aliphatic heterocycles. The van der Waals surface area contributed by atoms with Gasteiger partial charge in [0.1, 0.15) is 0 Å². The van der Waals surface area contributed by atoms with Gasteiger partial charge in [-0.15, -0.1) is 0 Å². The van der Waals surface area contributed by atoms with E-state index in [1.807, 2.05) is 32.0 Å². The first kappa shape index (κ1) is 11.0. The van der Waals surface area contributed by atoms with Crippen LogP contribution in [0.1, 0.15) is 11.1 Å². The monoisotopic (exact) mass is 215 g/mol. The van der Waals surface area contributed by atoms with Crippen LogP contribution in [-0.4, -0.2) is 15.5 Å². The van der Waals surface area contributed by atoms with E-state index in [1.165, 1.54) is 0 Å². The molecule has 0 aliphatic rings. The Labute approximate surface area is 84.2 Å². The van der Waals surface area contributed by atoms with E-state index >= 15 is 0 Å². The molecule has 0 radical (unpaired) electrons. The number of hydrogen-bond acceptors (Lipinski definition) is 3. The van der Waals surface area contributed by atoms with Crippen LogP contribution in [0.3, 0.4) is 0 Å². The molecule has 1 aromatic carbocycles. The van der Waals surface area contributed by atoms with Crippen molar-refractivity contribution in [3.8, 4) is 0 Å². The number of hydrogen-bond donors (Lipinski definition) is 1. The fourth-order valence-electron chi connectivity index (χ4n) is 1.14. The van der Waals surface area contributed by atoms with Crippen molar-refractivity contribution in [2.45, 2.75) is 13.8 Å². The number of aryl methyl sites for hydroxylation is 2. The van der Waals surface area contributed by atoms with Gasteiger partial charge in [-0.05, 0) is 25.0 Å². The second-order valence-electron chi connectivity index (χ2n) is 2.99. The molecule has 1 rings (SSSR count). The van der Waals surface area contributed by atoms with E-state index < -0.39 is 10.3 Å². The van der Waals surface area contributed by atoms with Crippen LogP contribution >= 0.6 is 0 Å². The summed E-state index contributed by atoms with van der Waals surface area (Å²) >= 11 is 0. The Hall–Kier alpha value is -1.07. The molecular formula is C9H13NO3S. The molecule has 0 aromatic heterocycles. The first-order valence-electron chi connectivity index (χ1n) is 4.11. The first-order chi connectivity index (χ1) is 6.46. The van der Waals surface area contributed by atoms with Crippen LogP contribution in [0.2, 0.25) is 0 Å². The lowest BCUT2D eigenvalue weighted by Crippen LogP contribution is -2.15. The maximum absolute atomic E-state index is 11.1. The highest BCUT2D eigenvalue weighted by Gasteiger charge is 2.11. The van der Waals surface area contributed by atoms with Crippen LogP contribution in [0.15, 0.2) is 18.2 Å². The quantitative estimate of drug-likeness (QED) is 0.833. The summed E-state index contributed by atoms with van der Waals surface area (Å²) in [4.78, 5) is 0. The summed E-state index contributed by atoms with van der Waals surface area (Å²) in [6, 6.07) is 5.54. The van der Waals surface area contributed by atoms with E-state index in [0.29, 0.717) is 5.69 Å². The summed E-state index contributed by atoms with van der Waals surface area (Å²) in [5.74, 6) is 0. The van der Waals surface area contributed by atoms with E-state index in [0.717, 1.165) is 18.2 Å². The molecule has 0 saturated carbocycles. The van der Waals surface area contributed by atoms with Crippen molar-refractivity contribution < 1.29 is 12.6 Å². The predicted molar refractivity (Wildman–Crippen MR) is 55.5 cm³/mol. The fourth-order valence-corrected chi connectivity index (χ4v) is 1.80. The van der Waals surface area contributed by atoms with Crippen LogP contribution in [0, 0.1) is 13.8 Å². The van der Waals surface area contributed by atoms with E-state index in [9.17, 15) is 8.42 Å². The molecule has 1 N–H and O–H groups in total. The minimum atomic E-state index is -3.67. The lowest BCUT2D eigenvalue weighted by Gasteiger charge is -2.10. The van der Waals surface area contributed by atoms with Gasteiger partial charge in [0.05, 0.1) is 12.8 Å². The average molecular weight is 215 g/mol. The number of anilines is 1. The molecule has 0 atom stereocenters. The molecule has 0 heterocycles. The molecular weight excluding hydrogens is 202 g/mol. The maximum Gasteiger partial charge on any atom is 0.359 e. The molecule has 4 nitrogen and oxygen atoms in total. The molecule has 0 aliphatic carbocycles. The fraction of sp³-hybridized carbons (Fsp3) is 0.333. The zero-order chi connectivity index (χ0) is 10.8. The predicted octanol–water partition coefficient (Wildman–Crippen LogP) is 1.61. The van der Waals surface area contributed by atoms with E-state index in [4.69, 9.17) is 0 Å². The molecule has 0 spiro atoms. The van der Waals surface area contributed by atoms with Crippen molar-refractivity contribution in [3.63, 3.8) is 0 Å². The third kappa shape index (κ3) is 2.46. The van der Waals surface area contributed by atoms with Gasteiger partial charge in [-0.2, -0.15) is 8.42 Å². The van der Waals surface area contributed by atoms with E-state index in [1.54, 1.807) is 0 Å². The molecule has 78 valence electrons. The zero-order valence-electron chi connectivity index (χ0n) is 8.37. The normalized spacial score (nSPS) is 11.4. The van der Waals surface area contributed by atoms with Gasteiger partial charge in [-0.25, -0.2) is 0 Å². The van der Waals surface area contributed by atoms with E-state index in [2.05, 4.69) is 8.91 Å².